The van der Waals surface area contributed by atoms with Crippen molar-refractivity contribution < 1.29 is 9.21 Å². The van der Waals surface area contributed by atoms with Crippen molar-refractivity contribution >= 4 is 6.03 Å². The van der Waals surface area contributed by atoms with Crippen molar-refractivity contribution in [2.24, 2.45) is 5.92 Å². The van der Waals surface area contributed by atoms with Crippen LogP contribution in [-0.4, -0.2) is 40.3 Å². The summed E-state index contributed by atoms with van der Waals surface area (Å²) in [5.74, 6) is 2.53. The third kappa shape index (κ3) is 2.60. The molecule has 0 bridgehead atoms. The third-order valence-corrected chi connectivity index (χ3v) is 6.26. The molecule has 2 atom stereocenters. The first-order chi connectivity index (χ1) is 11.7. The smallest absolute Gasteiger partial charge is 0.317 e. The van der Waals surface area contributed by atoms with Crippen LogP contribution < -0.4 is 5.32 Å². The Morgan fingerprint density at radius 3 is 2.83 bits per heavy atom. The summed E-state index contributed by atoms with van der Waals surface area (Å²) in [7, 11) is 0. The Bertz CT molecular complexity index is 608. The number of rotatable bonds is 5. The lowest BCUT2D eigenvalue weighted by atomic mass is 9.80. The van der Waals surface area contributed by atoms with Crippen LogP contribution in [0.15, 0.2) is 4.42 Å². The number of hydrogen-bond acceptors (Lipinski definition) is 4. The van der Waals surface area contributed by atoms with E-state index in [9.17, 15) is 4.79 Å². The lowest BCUT2D eigenvalue weighted by Crippen LogP contribution is -2.44. The molecular weight excluding hydrogens is 304 g/mol. The molecule has 3 fully saturated rings. The van der Waals surface area contributed by atoms with Gasteiger partial charge in [0.15, 0.2) is 0 Å². The molecule has 6 nitrogen and oxygen atoms in total. The van der Waals surface area contributed by atoms with Crippen LogP contribution in [0.2, 0.25) is 0 Å². The summed E-state index contributed by atoms with van der Waals surface area (Å²) in [5, 5.41) is 11.9. The van der Waals surface area contributed by atoms with Crippen LogP contribution in [0.3, 0.4) is 0 Å². The van der Waals surface area contributed by atoms with Gasteiger partial charge in [0.05, 0.1) is 5.41 Å². The molecule has 0 aromatic carbocycles. The van der Waals surface area contributed by atoms with Gasteiger partial charge in [-0.2, -0.15) is 0 Å². The molecule has 0 radical (unpaired) electrons. The summed E-state index contributed by atoms with van der Waals surface area (Å²) in [6.07, 6.45) is 7.67. The van der Waals surface area contributed by atoms with Gasteiger partial charge in [-0.15, -0.1) is 10.2 Å². The number of fused-ring (bicyclic) bond motifs is 1. The maximum Gasteiger partial charge on any atom is 0.317 e. The van der Waals surface area contributed by atoms with E-state index in [1.165, 1.54) is 19.3 Å². The Morgan fingerprint density at radius 2 is 2.12 bits per heavy atom. The zero-order chi connectivity index (χ0) is 16.7. The zero-order valence-electron chi connectivity index (χ0n) is 14.8. The van der Waals surface area contributed by atoms with E-state index in [1.807, 2.05) is 4.90 Å². The number of aromatic nitrogens is 2. The lowest BCUT2D eigenvalue weighted by molar-refractivity contribution is 0.197. The zero-order valence-corrected chi connectivity index (χ0v) is 14.8. The Labute approximate surface area is 143 Å². The molecular formula is C18H28N4O2. The Morgan fingerprint density at radius 1 is 1.33 bits per heavy atom. The predicted octanol–water partition coefficient (Wildman–Crippen LogP) is 3.20. The molecule has 1 aromatic rings. The predicted molar refractivity (Wildman–Crippen MR) is 89.8 cm³/mol. The molecule has 2 amide bonds. The van der Waals surface area contributed by atoms with E-state index < -0.39 is 0 Å². The molecule has 1 aliphatic heterocycles. The summed E-state index contributed by atoms with van der Waals surface area (Å²) in [5.41, 5.74) is -0.106. The van der Waals surface area contributed by atoms with Crippen LogP contribution in [0.25, 0.3) is 0 Å². The molecule has 132 valence electrons. The standard InChI is InChI=1S/C18H28N4O2/c1-3-14(4-2)19-17(23)22-10-13-6-5-9-18(13,11-22)16-21-20-15(24-16)12-7-8-12/h12-14H,3-11H2,1-2H3,(H,19,23)/t13-,18-/m0/s1. The summed E-state index contributed by atoms with van der Waals surface area (Å²) >= 11 is 0. The molecule has 3 aliphatic rings. The molecule has 2 heterocycles. The number of nitrogens with zero attached hydrogens (tertiary/aromatic N) is 3. The van der Waals surface area contributed by atoms with Crippen molar-refractivity contribution in [2.45, 2.75) is 76.2 Å². The van der Waals surface area contributed by atoms with Crippen molar-refractivity contribution in [1.29, 1.82) is 0 Å². The number of likely N-dealkylation sites (tertiary alicyclic amines) is 1. The fourth-order valence-corrected chi connectivity index (χ4v) is 4.48. The summed E-state index contributed by atoms with van der Waals surface area (Å²) < 4.78 is 6.07. The van der Waals surface area contributed by atoms with E-state index in [4.69, 9.17) is 4.42 Å². The number of carbonyl (C=O) groups is 1. The van der Waals surface area contributed by atoms with Crippen molar-refractivity contribution in [3.8, 4) is 0 Å². The van der Waals surface area contributed by atoms with E-state index in [0.29, 0.717) is 11.8 Å². The van der Waals surface area contributed by atoms with Gasteiger partial charge in [-0.1, -0.05) is 20.3 Å². The fraction of sp³-hybridized carbons (Fsp3) is 0.833. The monoisotopic (exact) mass is 332 g/mol. The Balaban J connectivity index is 1.51. The van der Waals surface area contributed by atoms with Crippen molar-refractivity contribution in [3.63, 3.8) is 0 Å². The fourth-order valence-electron chi connectivity index (χ4n) is 4.48. The number of nitrogens with one attached hydrogen (secondary N) is 1. The largest absolute Gasteiger partial charge is 0.424 e. The second-order valence-corrected chi connectivity index (χ2v) is 7.81. The highest BCUT2D eigenvalue weighted by molar-refractivity contribution is 5.75. The lowest BCUT2D eigenvalue weighted by Gasteiger charge is -2.25. The molecule has 0 unspecified atom stereocenters. The maximum absolute atomic E-state index is 12.6. The molecule has 1 saturated heterocycles. The number of hydrogen-bond donors (Lipinski definition) is 1. The van der Waals surface area contributed by atoms with E-state index in [0.717, 1.165) is 50.6 Å². The van der Waals surface area contributed by atoms with Crippen LogP contribution in [0.5, 0.6) is 0 Å². The molecule has 6 heteroatoms. The molecule has 1 aromatic heterocycles. The molecule has 4 rings (SSSR count). The van der Waals surface area contributed by atoms with Gasteiger partial charge in [0, 0.05) is 25.0 Å². The van der Waals surface area contributed by atoms with Gasteiger partial charge in [0.2, 0.25) is 11.8 Å². The van der Waals surface area contributed by atoms with Crippen molar-refractivity contribution in [2.75, 3.05) is 13.1 Å². The molecule has 0 spiro atoms. The quantitative estimate of drug-likeness (QED) is 0.899. The molecule has 24 heavy (non-hydrogen) atoms. The number of amides is 2. The topological polar surface area (TPSA) is 71.3 Å². The Hall–Kier alpha value is -1.59. The van der Waals surface area contributed by atoms with E-state index >= 15 is 0 Å². The first-order valence-corrected chi connectivity index (χ1v) is 9.55. The minimum absolute atomic E-state index is 0.0689. The first kappa shape index (κ1) is 15.9. The summed E-state index contributed by atoms with van der Waals surface area (Å²) in [6, 6.07) is 0.332. The van der Waals surface area contributed by atoms with Crippen LogP contribution in [0.1, 0.15) is 76.5 Å². The average molecular weight is 332 g/mol. The van der Waals surface area contributed by atoms with Gasteiger partial charge < -0.3 is 14.6 Å². The van der Waals surface area contributed by atoms with Gasteiger partial charge in [-0.25, -0.2) is 4.79 Å². The maximum atomic E-state index is 12.6. The Kier molecular flexibility index (Phi) is 4.01. The molecule has 2 aliphatic carbocycles. The van der Waals surface area contributed by atoms with Gasteiger partial charge >= 0.3 is 6.03 Å². The third-order valence-electron chi connectivity index (χ3n) is 6.26. The molecule has 2 saturated carbocycles. The minimum Gasteiger partial charge on any atom is -0.424 e. The van der Waals surface area contributed by atoms with E-state index in [1.54, 1.807) is 0 Å². The van der Waals surface area contributed by atoms with Gasteiger partial charge in [-0.05, 0) is 44.4 Å². The van der Waals surface area contributed by atoms with Crippen LogP contribution in [0.4, 0.5) is 4.79 Å². The van der Waals surface area contributed by atoms with Crippen molar-refractivity contribution in [1.82, 2.24) is 20.4 Å². The second kappa shape index (κ2) is 6.05. The highest BCUT2D eigenvalue weighted by Gasteiger charge is 2.55. The van der Waals surface area contributed by atoms with Crippen LogP contribution >= 0.6 is 0 Å². The average Bonchev–Trinajstić information content (AvgIpc) is 3.02. The van der Waals surface area contributed by atoms with E-state index in [-0.39, 0.29) is 17.5 Å². The molecule has 1 N–H and O–H groups in total. The summed E-state index contributed by atoms with van der Waals surface area (Å²) in [4.78, 5) is 14.6. The normalized spacial score (nSPS) is 29.3. The van der Waals surface area contributed by atoms with Gasteiger partial charge in [0.25, 0.3) is 0 Å². The SMILES string of the molecule is CCC(CC)NC(=O)N1C[C@@H]2CCC[C@]2(c2nnc(C3CC3)o2)C1. The highest BCUT2D eigenvalue weighted by atomic mass is 16.4. The number of urea groups is 1. The van der Waals surface area contributed by atoms with Gasteiger partial charge in [-0.3, -0.25) is 0 Å². The van der Waals surface area contributed by atoms with E-state index in [2.05, 4.69) is 29.4 Å². The second-order valence-electron chi connectivity index (χ2n) is 7.81. The minimum atomic E-state index is -0.106. The van der Waals surface area contributed by atoms with Gasteiger partial charge in [0.1, 0.15) is 0 Å². The summed E-state index contributed by atoms with van der Waals surface area (Å²) in [6.45, 7) is 5.77. The van der Waals surface area contributed by atoms with Crippen LogP contribution in [-0.2, 0) is 5.41 Å². The van der Waals surface area contributed by atoms with Crippen molar-refractivity contribution in [3.05, 3.63) is 11.8 Å². The number of carbonyl (C=O) groups excluding carboxylic acids is 1. The highest BCUT2D eigenvalue weighted by Crippen LogP contribution is 2.51. The van der Waals surface area contributed by atoms with Crippen LogP contribution in [0, 0.1) is 5.92 Å². The first-order valence-electron chi connectivity index (χ1n) is 9.55.